The molecule has 0 radical (unpaired) electrons. The minimum atomic E-state index is -0.151. The van der Waals surface area contributed by atoms with Gasteiger partial charge >= 0.3 is 0 Å². The average molecular weight is 551 g/mol. The van der Waals surface area contributed by atoms with Crippen molar-refractivity contribution in [2.45, 2.75) is 80.1 Å². The molecule has 0 amide bonds. The molecule has 0 atom stereocenters. The molecule has 0 bridgehead atoms. The molecule has 0 unspecified atom stereocenters. The van der Waals surface area contributed by atoms with Crippen LogP contribution in [0.1, 0.15) is 80.1 Å². The highest BCUT2D eigenvalue weighted by atomic mass is 16.6. The predicted molar refractivity (Wildman–Crippen MR) is 151 cm³/mol. The van der Waals surface area contributed by atoms with E-state index in [0.717, 1.165) is 38.5 Å². The zero-order valence-corrected chi connectivity index (χ0v) is 24.4. The van der Waals surface area contributed by atoms with Gasteiger partial charge in [-0.25, -0.2) is 0 Å². The highest BCUT2D eigenvalue weighted by Gasteiger charge is 2.28. The highest BCUT2D eigenvalue weighted by molar-refractivity contribution is 5.69. The Hall–Kier alpha value is -3.36. The molecular formula is C30H46O9. The lowest BCUT2D eigenvalue weighted by molar-refractivity contribution is 0.230. The van der Waals surface area contributed by atoms with E-state index in [1.54, 1.807) is 12.1 Å². The maximum Gasteiger partial charge on any atom is 0.211 e. The summed E-state index contributed by atoms with van der Waals surface area (Å²) in [6.45, 7) is 14.1. The predicted octanol–water partition coefficient (Wildman–Crippen LogP) is 7.62. The van der Waals surface area contributed by atoms with E-state index in [1.807, 2.05) is 41.5 Å². The number of phenols is 2. The van der Waals surface area contributed by atoms with Crippen molar-refractivity contribution in [2.75, 3.05) is 39.6 Å². The summed E-state index contributed by atoms with van der Waals surface area (Å²) >= 11 is 0. The van der Waals surface area contributed by atoms with Crippen molar-refractivity contribution in [3.05, 3.63) is 12.1 Å². The number of phenolic OH excluding ortho intramolecular Hbond substituents is 2. The molecule has 0 aliphatic carbocycles. The first-order valence-corrected chi connectivity index (χ1v) is 14.2. The first-order valence-electron chi connectivity index (χ1n) is 14.2. The van der Waals surface area contributed by atoms with Gasteiger partial charge in [0.2, 0.25) is 34.5 Å². The number of aromatic hydroxyl groups is 2. The van der Waals surface area contributed by atoms with Gasteiger partial charge in [0, 0.05) is 12.1 Å². The second-order valence-electron chi connectivity index (χ2n) is 8.95. The molecule has 0 saturated carbocycles. The minimum absolute atomic E-state index is 0.147. The van der Waals surface area contributed by atoms with E-state index in [4.69, 9.17) is 33.2 Å². The molecule has 2 aromatic rings. The maximum atomic E-state index is 11.0. The van der Waals surface area contributed by atoms with E-state index < -0.39 is 0 Å². The van der Waals surface area contributed by atoms with Gasteiger partial charge in [0.1, 0.15) is 0 Å². The van der Waals surface area contributed by atoms with Crippen molar-refractivity contribution >= 4 is 0 Å². The Morgan fingerprint density at radius 2 is 0.692 bits per heavy atom. The van der Waals surface area contributed by atoms with Crippen LogP contribution in [0.3, 0.4) is 0 Å². The third-order valence-corrected chi connectivity index (χ3v) is 5.23. The molecule has 0 aromatic heterocycles. The van der Waals surface area contributed by atoms with Crippen LogP contribution in [0, 0.1) is 0 Å². The zero-order chi connectivity index (χ0) is 28.6. The van der Waals surface area contributed by atoms with Gasteiger partial charge in [-0.15, -0.1) is 0 Å². The molecule has 2 aromatic carbocycles. The number of benzene rings is 2. The third kappa shape index (κ3) is 8.83. The third-order valence-electron chi connectivity index (χ3n) is 5.23. The molecule has 9 heteroatoms. The average Bonchev–Trinajstić information content (AvgIpc) is 2.94. The van der Waals surface area contributed by atoms with Crippen LogP contribution in [-0.2, 0) is 0 Å². The zero-order valence-electron chi connectivity index (χ0n) is 24.4. The Kier molecular flexibility index (Phi) is 14.1. The van der Waals surface area contributed by atoms with Gasteiger partial charge in [0.15, 0.2) is 23.0 Å². The summed E-state index contributed by atoms with van der Waals surface area (Å²) in [5.41, 5.74) is 0. The van der Waals surface area contributed by atoms with E-state index in [1.165, 1.54) is 0 Å². The van der Waals surface area contributed by atoms with Gasteiger partial charge in [0.05, 0.1) is 39.6 Å². The number of hydrogen-bond donors (Lipinski definition) is 2. The van der Waals surface area contributed by atoms with E-state index in [9.17, 15) is 10.2 Å². The Labute approximate surface area is 232 Å². The first-order chi connectivity index (χ1) is 19.0. The molecule has 9 nitrogen and oxygen atoms in total. The lowest BCUT2D eigenvalue weighted by Gasteiger charge is -2.22. The SMILES string of the molecule is CCCOc1cc(Oc2cc(OCCC)c(O)c(OCCC)c2OCCC)c(OCCC)c(OCCC)c1O. The van der Waals surface area contributed by atoms with Crippen molar-refractivity contribution < 1.29 is 43.4 Å². The second kappa shape index (κ2) is 17.3. The molecule has 220 valence electrons. The molecule has 0 saturated heterocycles. The molecule has 0 spiro atoms. The lowest BCUT2D eigenvalue weighted by atomic mass is 10.2. The Bertz CT molecular complexity index is 927. The number of hydrogen-bond acceptors (Lipinski definition) is 9. The fraction of sp³-hybridized carbons (Fsp3) is 0.600. The normalized spacial score (nSPS) is 10.7. The number of rotatable bonds is 20. The summed E-state index contributed by atoms with van der Waals surface area (Å²) in [7, 11) is 0. The van der Waals surface area contributed by atoms with Crippen LogP contribution >= 0.6 is 0 Å². The molecule has 0 fully saturated rings. The standard InChI is InChI=1S/C30H46O9/c1-7-13-33-21-19-23(27(35-15-9-3)29(25(21)31)37-17-11-5)39-24-20-22(34-14-8-2)26(32)30(38-18-12-6)28(24)36-16-10-4/h19-20,31-32H,7-18H2,1-6H3. The summed E-state index contributed by atoms with van der Waals surface area (Å²) in [5.74, 6) is 1.42. The fourth-order valence-electron chi connectivity index (χ4n) is 3.44. The van der Waals surface area contributed by atoms with Crippen LogP contribution in [0.25, 0.3) is 0 Å². The molecule has 0 heterocycles. The Morgan fingerprint density at radius 3 is 1.00 bits per heavy atom. The molecular weight excluding hydrogens is 504 g/mol. The Balaban J connectivity index is 2.77. The summed E-state index contributed by atoms with van der Waals surface area (Å²) in [5, 5.41) is 22.0. The molecule has 0 aliphatic rings. The smallest absolute Gasteiger partial charge is 0.211 e. The van der Waals surface area contributed by atoms with Crippen LogP contribution in [0.15, 0.2) is 12.1 Å². The molecule has 2 rings (SSSR count). The molecule has 0 aliphatic heterocycles. The van der Waals surface area contributed by atoms with Crippen LogP contribution < -0.4 is 33.2 Å². The fourth-order valence-corrected chi connectivity index (χ4v) is 3.44. The van der Waals surface area contributed by atoms with Crippen LogP contribution in [0.2, 0.25) is 0 Å². The minimum Gasteiger partial charge on any atom is -0.502 e. The van der Waals surface area contributed by atoms with E-state index in [2.05, 4.69) is 0 Å². The molecule has 39 heavy (non-hydrogen) atoms. The monoisotopic (exact) mass is 550 g/mol. The van der Waals surface area contributed by atoms with Crippen molar-refractivity contribution in [1.82, 2.24) is 0 Å². The summed E-state index contributed by atoms with van der Waals surface area (Å²) in [6.07, 6.45) is 4.42. The van der Waals surface area contributed by atoms with Gasteiger partial charge in [-0.3, -0.25) is 0 Å². The summed E-state index contributed by atoms with van der Waals surface area (Å²) in [4.78, 5) is 0. The largest absolute Gasteiger partial charge is 0.502 e. The number of ether oxygens (including phenoxy) is 7. The van der Waals surface area contributed by atoms with Gasteiger partial charge in [0.25, 0.3) is 0 Å². The molecule has 2 N–H and O–H groups in total. The van der Waals surface area contributed by atoms with Gasteiger partial charge in [-0.1, -0.05) is 41.5 Å². The van der Waals surface area contributed by atoms with E-state index in [-0.39, 0.29) is 57.5 Å². The highest BCUT2D eigenvalue weighted by Crippen LogP contribution is 2.55. The van der Waals surface area contributed by atoms with E-state index in [0.29, 0.717) is 39.6 Å². The summed E-state index contributed by atoms with van der Waals surface area (Å²) < 4.78 is 42.0. The first kappa shape index (κ1) is 31.9. The Morgan fingerprint density at radius 1 is 0.410 bits per heavy atom. The lowest BCUT2D eigenvalue weighted by Crippen LogP contribution is -2.07. The van der Waals surface area contributed by atoms with Crippen molar-refractivity contribution in [1.29, 1.82) is 0 Å². The quantitative estimate of drug-likeness (QED) is 0.172. The van der Waals surface area contributed by atoms with Crippen LogP contribution in [0.5, 0.6) is 57.5 Å². The van der Waals surface area contributed by atoms with Crippen molar-refractivity contribution in [3.63, 3.8) is 0 Å². The van der Waals surface area contributed by atoms with Gasteiger partial charge in [-0.05, 0) is 38.5 Å². The van der Waals surface area contributed by atoms with Crippen molar-refractivity contribution in [3.8, 4) is 57.5 Å². The topological polar surface area (TPSA) is 105 Å². The second-order valence-corrected chi connectivity index (χ2v) is 8.95. The van der Waals surface area contributed by atoms with Gasteiger partial charge in [-0.2, -0.15) is 0 Å². The van der Waals surface area contributed by atoms with E-state index >= 15 is 0 Å². The summed E-state index contributed by atoms with van der Waals surface area (Å²) in [6, 6.07) is 3.15. The maximum absolute atomic E-state index is 11.0. The van der Waals surface area contributed by atoms with Gasteiger partial charge < -0.3 is 43.4 Å². The van der Waals surface area contributed by atoms with Crippen LogP contribution in [-0.4, -0.2) is 49.9 Å². The van der Waals surface area contributed by atoms with Crippen molar-refractivity contribution in [2.24, 2.45) is 0 Å². The van der Waals surface area contributed by atoms with Crippen LogP contribution in [0.4, 0.5) is 0 Å².